The summed E-state index contributed by atoms with van der Waals surface area (Å²) >= 11 is 0. The summed E-state index contributed by atoms with van der Waals surface area (Å²) in [5.41, 5.74) is 5.65. The summed E-state index contributed by atoms with van der Waals surface area (Å²) < 4.78 is 0. The van der Waals surface area contributed by atoms with Crippen LogP contribution in [0.2, 0.25) is 0 Å². The van der Waals surface area contributed by atoms with Crippen molar-refractivity contribution >= 4 is 11.9 Å². The van der Waals surface area contributed by atoms with Gasteiger partial charge in [0.1, 0.15) is 0 Å². The van der Waals surface area contributed by atoms with Gasteiger partial charge in [-0.15, -0.1) is 0 Å². The van der Waals surface area contributed by atoms with Crippen molar-refractivity contribution < 1.29 is 14.7 Å². The molecular weight excluding hydrogens is 220 g/mol. The highest BCUT2D eigenvalue weighted by atomic mass is 16.4. The number of carboxylic acids is 1. The van der Waals surface area contributed by atoms with Gasteiger partial charge in [0.05, 0.1) is 6.04 Å². The third kappa shape index (κ3) is 8.68. The molecule has 0 aromatic rings. The molecule has 0 aromatic carbocycles. The van der Waals surface area contributed by atoms with Crippen LogP contribution in [0.3, 0.4) is 0 Å². The number of carbonyl (C=O) groups excluding carboxylic acids is 1. The Hall–Kier alpha value is -1.10. The highest BCUT2D eigenvalue weighted by Crippen LogP contribution is 2.09. The third-order valence-corrected chi connectivity index (χ3v) is 2.72. The van der Waals surface area contributed by atoms with E-state index in [1.54, 1.807) is 0 Å². The lowest BCUT2D eigenvalue weighted by molar-refractivity contribution is -0.137. The first-order valence-corrected chi connectivity index (χ1v) is 6.22. The van der Waals surface area contributed by atoms with Gasteiger partial charge >= 0.3 is 5.97 Å². The maximum absolute atomic E-state index is 11.5. The van der Waals surface area contributed by atoms with Crippen LogP contribution in [0.4, 0.5) is 0 Å². The summed E-state index contributed by atoms with van der Waals surface area (Å²) in [5.74, 6) is -0.586. The van der Waals surface area contributed by atoms with Crippen LogP contribution >= 0.6 is 0 Å². The Morgan fingerprint density at radius 1 is 1.29 bits per heavy atom. The average molecular weight is 244 g/mol. The van der Waals surface area contributed by atoms with E-state index >= 15 is 0 Å². The molecule has 2 unspecified atom stereocenters. The molecule has 0 aromatic heterocycles. The number of nitrogens with two attached hydrogens (primary N) is 1. The first-order chi connectivity index (χ1) is 7.97. The van der Waals surface area contributed by atoms with Gasteiger partial charge in [-0.3, -0.25) is 9.59 Å². The highest BCUT2D eigenvalue weighted by Gasteiger charge is 2.12. The monoisotopic (exact) mass is 244 g/mol. The van der Waals surface area contributed by atoms with Crippen LogP contribution in [-0.2, 0) is 9.59 Å². The van der Waals surface area contributed by atoms with Gasteiger partial charge in [0.25, 0.3) is 0 Å². The largest absolute Gasteiger partial charge is 0.481 e. The molecule has 5 nitrogen and oxygen atoms in total. The quantitative estimate of drug-likeness (QED) is 0.566. The van der Waals surface area contributed by atoms with Crippen molar-refractivity contribution in [2.45, 2.75) is 52.0 Å². The predicted octanol–water partition coefficient (Wildman–Crippen LogP) is 1.12. The van der Waals surface area contributed by atoms with Crippen molar-refractivity contribution in [2.75, 3.05) is 6.54 Å². The Bertz CT molecular complexity index is 244. The summed E-state index contributed by atoms with van der Waals surface area (Å²) in [6.07, 6.45) is 3.21. The molecular formula is C12H24N2O3. The molecule has 0 heterocycles. The fourth-order valence-electron chi connectivity index (χ4n) is 1.53. The SMILES string of the molecule is CCCC(N)C(=O)NCCC(C)CCC(=O)O. The minimum Gasteiger partial charge on any atom is -0.481 e. The molecule has 0 fully saturated rings. The standard InChI is InChI=1S/C12H24N2O3/c1-3-4-10(13)12(17)14-8-7-9(2)5-6-11(15)16/h9-10H,3-8,13H2,1-2H3,(H,14,17)(H,15,16). The lowest BCUT2D eigenvalue weighted by Gasteiger charge is -2.13. The molecule has 5 heteroatoms. The second-order valence-electron chi connectivity index (χ2n) is 4.51. The van der Waals surface area contributed by atoms with Crippen molar-refractivity contribution in [3.63, 3.8) is 0 Å². The second kappa shape index (κ2) is 8.98. The lowest BCUT2D eigenvalue weighted by Crippen LogP contribution is -2.41. The minimum atomic E-state index is -0.772. The summed E-state index contributed by atoms with van der Waals surface area (Å²) in [5, 5.41) is 11.3. The van der Waals surface area contributed by atoms with Crippen LogP contribution in [0, 0.1) is 5.92 Å². The number of aliphatic carboxylic acids is 1. The molecule has 0 saturated heterocycles. The maximum atomic E-state index is 11.5. The van der Waals surface area contributed by atoms with E-state index in [-0.39, 0.29) is 12.3 Å². The smallest absolute Gasteiger partial charge is 0.303 e. The van der Waals surface area contributed by atoms with Gasteiger partial charge in [-0.2, -0.15) is 0 Å². The third-order valence-electron chi connectivity index (χ3n) is 2.72. The number of nitrogens with one attached hydrogen (secondary N) is 1. The molecule has 17 heavy (non-hydrogen) atoms. The van der Waals surface area contributed by atoms with Crippen LogP contribution in [0.5, 0.6) is 0 Å². The predicted molar refractivity (Wildman–Crippen MR) is 66.5 cm³/mol. The Kier molecular flexibility index (Phi) is 8.40. The summed E-state index contributed by atoms with van der Waals surface area (Å²) in [6, 6.07) is -0.422. The first kappa shape index (κ1) is 15.9. The van der Waals surface area contributed by atoms with E-state index in [1.807, 2.05) is 13.8 Å². The lowest BCUT2D eigenvalue weighted by atomic mass is 10.0. The molecule has 2 atom stereocenters. The number of carboxylic acid groups (broad SMARTS) is 1. The molecule has 100 valence electrons. The van der Waals surface area contributed by atoms with Crippen LogP contribution in [0.1, 0.15) is 46.0 Å². The zero-order valence-electron chi connectivity index (χ0n) is 10.7. The van der Waals surface area contributed by atoms with Gasteiger partial charge in [0.15, 0.2) is 0 Å². The van der Waals surface area contributed by atoms with Crippen LogP contribution < -0.4 is 11.1 Å². The van der Waals surface area contributed by atoms with Gasteiger partial charge in [-0.1, -0.05) is 20.3 Å². The highest BCUT2D eigenvalue weighted by molar-refractivity contribution is 5.81. The Balaban J connectivity index is 3.61. The zero-order valence-corrected chi connectivity index (χ0v) is 10.7. The normalized spacial score (nSPS) is 14.1. The van der Waals surface area contributed by atoms with E-state index in [9.17, 15) is 9.59 Å². The average Bonchev–Trinajstić information content (AvgIpc) is 2.26. The van der Waals surface area contributed by atoms with Crippen molar-refractivity contribution in [2.24, 2.45) is 11.7 Å². The molecule has 0 rings (SSSR count). The molecule has 0 aliphatic rings. The van der Waals surface area contributed by atoms with Gasteiger partial charge in [-0.25, -0.2) is 0 Å². The van der Waals surface area contributed by atoms with E-state index in [0.29, 0.717) is 25.3 Å². The van der Waals surface area contributed by atoms with E-state index in [2.05, 4.69) is 5.32 Å². The number of hydrogen-bond donors (Lipinski definition) is 3. The number of rotatable bonds is 9. The Morgan fingerprint density at radius 2 is 1.94 bits per heavy atom. The van der Waals surface area contributed by atoms with Crippen molar-refractivity contribution in [1.29, 1.82) is 0 Å². The fraction of sp³-hybridized carbons (Fsp3) is 0.833. The molecule has 0 aliphatic carbocycles. The van der Waals surface area contributed by atoms with Crippen LogP contribution in [0.15, 0.2) is 0 Å². The Labute approximate surface area is 103 Å². The zero-order chi connectivity index (χ0) is 13.3. The molecule has 0 radical (unpaired) electrons. The first-order valence-electron chi connectivity index (χ1n) is 6.22. The minimum absolute atomic E-state index is 0.114. The van der Waals surface area contributed by atoms with Gasteiger partial charge in [-0.05, 0) is 25.2 Å². The number of hydrogen-bond acceptors (Lipinski definition) is 3. The molecule has 0 aliphatic heterocycles. The van der Waals surface area contributed by atoms with Crippen molar-refractivity contribution in [3.05, 3.63) is 0 Å². The summed E-state index contributed by atoms with van der Waals surface area (Å²) in [7, 11) is 0. The van der Waals surface area contributed by atoms with Crippen molar-refractivity contribution in [3.8, 4) is 0 Å². The van der Waals surface area contributed by atoms with E-state index in [1.165, 1.54) is 0 Å². The molecule has 0 bridgehead atoms. The van der Waals surface area contributed by atoms with Crippen LogP contribution in [-0.4, -0.2) is 29.6 Å². The van der Waals surface area contributed by atoms with Gasteiger partial charge in [0, 0.05) is 13.0 Å². The molecule has 0 spiro atoms. The number of carbonyl (C=O) groups is 2. The molecule has 4 N–H and O–H groups in total. The molecule has 1 amide bonds. The molecule has 0 saturated carbocycles. The summed E-state index contributed by atoms with van der Waals surface area (Å²) in [4.78, 5) is 21.8. The summed E-state index contributed by atoms with van der Waals surface area (Å²) in [6.45, 7) is 4.54. The maximum Gasteiger partial charge on any atom is 0.303 e. The number of amides is 1. The van der Waals surface area contributed by atoms with E-state index < -0.39 is 12.0 Å². The van der Waals surface area contributed by atoms with E-state index in [0.717, 1.165) is 12.8 Å². The topological polar surface area (TPSA) is 92.4 Å². The van der Waals surface area contributed by atoms with E-state index in [4.69, 9.17) is 10.8 Å². The fourth-order valence-corrected chi connectivity index (χ4v) is 1.53. The van der Waals surface area contributed by atoms with Gasteiger partial charge in [0.2, 0.25) is 5.91 Å². The Morgan fingerprint density at radius 3 is 2.47 bits per heavy atom. The van der Waals surface area contributed by atoms with Crippen LogP contribution in [0.25, 0.3) is 0 Å². The second-order valence-corrected chi connectivity index (χ2v) is 4.51. The van der Waals surface area contributed by atoms with Crippen molar-refractivity contribution in [1.82, 2.24) is 5.32 Å². The van der Waals surface area contributed by atoms with Gasteiger partial charge < -0.3 is 16.2 Å².